The molecule has 0 spiro atoms. The molecule has 0 fully saturated rings. The van der Waals surface area contributed by atoms with Crippen molar-refractivity contribution in [1.29, 1.82) is 0 Å². The third-order valence-electron chi connectivity index (χ3n) is 4.30. The highest BCUT2D eigenvalue weighted by Crippen LogP contribution is 2.29. The number of carboxylic acids is 1. The van der Waals surface area contributed by atoms with E-state index >= 15 is 0 Å². The van der Waals surface area contributed by atoms with E-state index in [1.54, 1.807) is 18.5 Å². The number of primary amides is 1. The van der Waals surface area contributed by atoms with Crippen molar-refractivity contribution in [2.45, 2.75) is 0 Å². The fourth-order valence-electron chi connectivity index (χ4n) is 2.90. The lowest BCUT2D eigenvalue weighted by molar-refractivity contribution is -0.134. The largest absolute Gasteiger partial charge is 0.477 e. The minimum atomic E-state index is -1.42. The summed E-state index contributed by atoms with van der Waals surface area (Å²) in [5.41, 5.74) is 6.66. The monoisotopic (exact) mass is 390 g/mol. The minimum Gasteiger partial charge on any atom is -0.477 e. The molecule has 2 aromatic heterocycles. The third kappa shape index (κ3) is 3.32. The quantitative estimate of drug-likeness (QED) is 0.385. The zero-order valence-corrected chi connectivity index (χ0v) is 14.8. The van der Waals surface area contributed by atoms with E-state index < -0.39 is 23.2 Å². The van der Waals surface area contributed by atoms with Crippen LogP contribution < -0.4 is 11.1 Å². The van der Waals surface area contributed by atoms with Gasteiger partial charge in [0.25, 0.3) is 0 Å². The number of rotatable bonds is 5. The number of carbonyl (C=O) groups is 3. The Balaban J connectivity index is 1.65. The van der Waals surface area contributed by atoms with Crippen LogP contribution in [0.2, 0.25) is 0 Å². The van der Waals surface area contributed by atoms with E-state index in [9.17, 15) is 19.5 Å². The van der Waals surface area contributed by atoms with Gasteiger partial charge in [-0.2, -0.15) is 0 Å². The predicted molar refractivity (Wildman–Crippen MR) is 103 cm³/mol. The topological polar surface area (TPSA) is 147 Å². The Morgan fingerprint density at radius 1 is 1.21 bits per heavy atom. The van der Waals surface area contributed by atoms with Crippen LogP contribution in [0.25, 0.3) is 17.1 Å². The van der Waals surface area contributed by atoms with Crippen LogP contribution in [0.4, 0.5) is 5.69 Å². The molecular formula is C20H14N4O5. The van der Waals surface area contributed by atoms with Crippen LogP contribution in [-0.4, -0.2) is 32.7 Å². The van der Waals surface area contributed by atoms with Gasteiger partial charge in [-0.05, 0) is 42.5 Å². The van der Waals surface area contributed by atoms with Crippen molar-refractivity contribution in [3.05, 3.63) is 77.1 Å². The summed E-state index contributed by atoms with van der Waals surface area (Å²) in [5.74, 6) is -3.11. The van der Waals surface area contributed by atoms with Crippen molar-refractivity contribution in [3.8, 4) is 0 Å². The Bertz CT molecular complexity index is 1220. The fourth-order valence-corrected chi connectivity index (χ4v) is 2.90. The van der Waals surface area contributed by atoms with Gasteiger partial charge in [0.15, 0.2) is 11.3 Å². The summed E-state index contributed by atoms with van der Waals surface area (Å²) >= 11 is 0. The van der Waals surface area contributed by atoms with Gasteiger partial charge in [0.2, 0.25) is 17.6 Å². The number of H-pyrrole nitrogens is 1. The first kappa shape index (κ1) is 18.0. The molecule has 0 atom stereocenters. The number of fused-ring (bicyclic) bond motifs is 1. The van der Waals surface area contributed by atoms with Crippen LogP contribution >= 0.6 is 0 Å². The molecule has 9 nitrogen and oxygen atoms in total. The Morgan fingerprint density at radius 2 is 1.97 bits per heavy atom. The summed E-state index contributed by atoms with van der Waals surface area (Å²) in [7, 11) is 0. The molecule has 3 heterocycles. The van der Waals surface area contributed by atoms with E-state index in [1.807, 2.05) is 6.07 Å². The van der Waals surface area contributed by atoms with Gasteiger partial charge in [-0.15, -0.1) is 0 Å². The van der Waals surface area contributed by atoms with Gasteiger partial charge in [-0.3, -0.25) is 9.59 Å². The number of nitrogens with zero attached hydrogens (tertiary/aromatic N) is 1. The second-order valence-corrected chi connectivity index (χ2v) is 6.16. The molecule has 5 N–H and O–H groups in total. The molecule has 3 aromatic rings. The lowest BCUT2D eigenvalue weighted by Gasteiger charge is -2.08. The number of amides is 1. The maximum Gasteiger partial charge on any atom is 0.345 e. The zero-order chi connectivity index (χ0) is 20.5. The van der Waals surface area contributed by atoms with E-state index in [1.165, 1.54) is 30.3 Å². The molecule has 9 heteroatoms. The van der Waals surface area contributed by atoms with Gasteiger partial charge in [-0.1, -0.05) is 0 Å². The predicted octanol–water partition coefficient (Wildman–Crippen LogP) is 2.01. The Hall–Kier alpha value is -4.40. The molecule has 4 rings (SSSR count). The number of pyridine rings is 1. The average molecular weight is 390 g/mol. The molecule has 1 aliphatic heterocycles. The van der Waals surface area contributed by atoms with Crippen LogP contribution in [-0.2, 0) is 14.3 Å². The minimum absolute atomic E-state index is 0.136. The molecule has 0 saturated carbocycles. The SMILES string of the molecule is NC(=O)c1ccc(NC2=C(C(=O)O)C(=O)C(=Cc3c[nH]c4ncccc34)O2)cc1. The van der Waals surface area contributed by atoms with E-state index in [-0.39, 0.29) is 11.6 Å². The second-order valence-electron chi connectivity index (χ2n) is 6.16. The first-order valence-corrected chi connectivity index (χ1v) is 8.45. The molecule has 29 heavy (non-hydrogen) atoms. The number of nitrogens with one attached hydrogen (secondary N) is 2. The van der Waals surface area contributed by atoms with Gasteiger partial charge in [0.1, 0.15) is 5.65 Å². The molecule has 1 amide bonds. The number of benzene rings is 1. The van der Waals surface area contributed by atoms with Gasteiger partial charge in [0, 0.05) is 34.6 Å². The first-order chi connectivity index (χ1) is 13.9. The number of Topliss-reactive ketones (excluding diaryl/α,β-unsaturated/α-hetero) is 1. The number of aromatic nitrogens is 2. The van der Waals surface area contributed by atoms with Gasteiger partial charge >= 0.3 is 5.97 Å². The number of aliphatic carboxylic acids is 1. The van der Waals surface area contributed by atoms with Crippen LogP contribution in [0.5, 0.6) is 0 Å². The van der Waals surface area contributed by atoms with E-state index in [2.05, 4.69) is 15.3 Å². The highest BCUT2D eigenvalue weighted by molar-refractivity contribution is 6.26. The highest BCUT2D eigenvalue weighted by atomic mass is 16.5. The van der Waals surface area contributed by atoms with Crippen molar-refractivity contribution in [3.63, 3.8) is 0 Å². The molecule has 1 aliphatic rings. The number of hydrogen-bond donors (Lipinski definition) is 4. The third-order valence-corrected chi connectivity index (χ3v) is 4.30. The second kappa shape index (κ2) is 6.97. The van der Waals surface area contributed by atoms with Gasteiger partial charge < -0.3 is 25.9 Å². The summed E-state index contributed by atoms with van der Waals surface area (Å²) in [4.78, 5) is 42.5. The Kier molecular flexibility index (Phi) is 4.32. The number of carboxylic acid groups (broad SMARTS) is 1. The summed E-state index contributed by atoms with van der Waals surface area (Å²) < 4.78 is 5.52. The normalized spacial score (nSPS) is 15.0. The van der Waals surface area contributed by atoms with E-state index in [0.717, 1.165) is 5.39 Å². The van der Waals surface area contributed by atoms with Gasteiger partial charge in [-0.25, -0.2) is 9.78 Å². The zero-order valence-electron chi connectivity index (χ0n) is 14.8. The Labute approximate surface area is 163 Å². The molecule has 0 radical (unpaired) electrons. The van der Waals surface area contributed by atoms with E-state index in [0.29, 0.717) is 22.5 Å². The molecule has 0 bridgehead atoms. The Morgan fingerprint density at radius 3 is 2.66 bits per heavy atom. The number of ketones is 1. The number of anilines is 1. The number of aromatic amines is 1. The molecule has 0 saturated heterocycles. The van der Waals surface area contributed by atoms with Crippen LogP contribution in [0.3, 0.4) is 0 Å². The standard InChI is InChI=1S/C20H14N4O5/c21-17(26)10-3-5-12(6-4-10)24-19-15(20(27)28)16(25)14(29-19)8-11-9-23-18-13(11)2-1-7-22-18/h1-9,24H,(H2,21,26)(H,22,23)(H,27,28). The maximum atomic E-state index is 12.6. The lowest BCUT2D eigenvalue weighted by Crippen LogP contribution is -2.12. The summed E-state index contributed by atoms with van der Waals surface area (Å²) in [6, 6.07) is 9.55. The van der Waals surface area contributed by atoms with Crippen molar-refractivity contribution in [2.24, 2.45) is 5.73 Å². The molecule has 0 unspecified atom stereocenters. The van der Waals surface area contributed by atoms with Crippen LogP contribution in [0.15, 0.2) is 66.0 Å². The summed E-state index contributed by atoms with van der Waals surface area (Å²) in [6.07, 6.45) is 4.73. The number of allylic oxidation sites excluding steroid dienone is 1. The van der Waals surface area contributed by atoms with Gasteiger partial charge in [0.05, 0.1) is 0 Å². The molecule has 144 valence electrons. The lowest BCUT2D eigenvalue weighted by atomic mass is 10.1. The molecule has 0 aliphatic carbocycles. The number of carbonyl (C=O) groups excluding carboxylic acids is 2. The molecule has 1 aromatic carbocycles. The number of hydrogen-bond acceptors (Lipinski definition) is 6. The van der Waals surface area contributed by atoms with Crippen molar-refractivity contribution in [2.75, 3.05) is 5.32 Å². The summed E-state index contributed by atoms with van der Waals surface area (Å²) in [5, 5.41) is 13.0. The van der Waals surface area contributed by atoms with Crippen molar-refractivity contribution >= 4 is 40.5 Å². The maximum absolute atomic E-state index is 12.6. The smallest absolute Gasteiger partial charge is 0.345 e. The highest BCUT2D eigenvalue weighted by Gasteiger charge is 2.36. The van der Waals surface area contributed by atoms with Crippen molar-refractivity contribution < 1.29 is 24.2 Å². The molecular weight excluding hydrogens is 376 g/mol. The first-order valence-electron chi connectivity index (χ1n) is 8.45. The number of nitrogens with two attached hydrogens (primary N) is 1. The van der Waals surface area contributed by atoms with Crippen LogP contribution in [0.1, 0.15) is 15.9 Å². The van der Waals surface area contributed by atoms with E-state index in [4.69, 9.17) is 10.5 Å². The fraction of sp³-hybridized carbons (Fsp3) is 0. The number of ether oxygens (including phenoxy) is 1. The average Bonchev–Trinajstić information content (AvgIpc) is 3.24. The summed E-state index contributed by atoms with van der Waals surface area (Å²) in [6.45, 7) is 0. The van der Waals surface area contributed by atoms with Crippen molar-refractivity contribution in [1.82, 2.24) is 9.97 Å². The van der Waals surface area contributed by atoms with Crippen LogP contribution in [0, 0.1) is 0 Å².